The molecule has 2 aromatic rings. The number of hydrogen-bond acceptors (Lipinski definition) is 4. The molecule has 2 amide bonds. The fourth-order valence-electron chi connectivity index (χ4n) is 3.99. The van der Waals surface area contributed by atoms with E-state index in [4.69, 9.17) is 9.84 Å². The van der Waals surface area contributed by atoms with Gasteiger partial charge in [-0.05, 0) is 42.0 Å². The molecule has 3 rings (SSSR count). The van der Waals surface area contributed by atoms with E-state index in [2.05, 4.69) is 5.32 Å². The van der Waals surface area contributed by atoms with Crippen LogP contribution >= 0.6 is 0 Å². The summed E-state index contributed by atoms with van der Waals surface area (Å²) in [6.45, 7) is 2.08. The van der Waals surface area contributed by atoms with E-state index in [1.807, 2.05) is 48.5 Å². The number of carboxylic acid groups (broad SMARTS) is 1. The molecule has 7 nitrogen and oxygen atoms in total. The van der Waals surface area contributed by atoms with Crippen LogP contribution < -0.4 is 10.6 Å². The normalized spacial score (nSPS) is 15.3. The highest BCUT2D eigenvalue weighted by atomic mass is 19.4. The molecule has 2 atom stereocenters. The fourth-order valence-corrected chi connectivity index (χ4v) is 3.99. The van der Waals surface area contributed by atoms with Gasteiger partial charge in [-0.3, -0.25) is 4.79 Å². The van der Waals surface area contributed by atoms with E-state index in [1.165, 1.54) is 6.92 Å². The van der Waals surface area contributed by atoms with Crippen LogP contribution in [0.5, 0.6) is 0 Å². The first-order valence-electron chi connectivity index (χ1n) is 11.2. The topological polar surface area (TPSA) is 105 Å². The number of carbonyl (C=O) groups excluding carboxylic acids is 2. The van der Waals surface area contributed by atoms with E-state index < -0.39 is 35.6 Å². The number of alkyl halides is 3. The molecule has 1 aliphatic rings. The molecule has 0 bridgehead atoms. The molecule has 0 heterocycles. The van der Waals surface area contributed by atoms with Gasteiger partial charge in [-0.15, -0.1) is 0 Å². The Labute approximate surface area is 200 Å². The second-order valence-electron chi connectivity index (χ2n) is 8.71. The van der Waals surface area contributed by atoms with Crippen molar-refractivity contribution in [3.8, 4) is 11.1 Å². The maximum absolute atomic E-state index is 13.1. The standard InChI is InChI=1S/C25H27F3N2O5/c1-15(21(31)30-24(2,22(32)33)25(26,27)28)8-7-13-29-23(34)35-14-20-18-11-5-3-9-16(18)17-10-4-6-12-19(17)20/h3-6,9-12,15,20H,7-8,13-14H2,1-2H3,(H,29,34)(H,30,31)(H,32,33). The Morgan fingerprint density at radius 3 is 2.09 bits per heavy atom. The Bertz CT molecular complexity index is 1060. The van der Waals surface area contributed by atoms with Gasteiger partial charge >= 0.3 is 18.2 Å². The van der Waals surface area contributed by atoms with Crippen molar-refractivity contribution >= 4 is 18.0 Å². The number of aliphatic carboxylic acids is 1. The molecule has 2 aromatic carbocycles. The van der Waals surface area contributed by atoms with Crippen molar-refractivity contribution in [3.05, 3.63) is 59.7 Å². The first-order chi connectivity index (χ1) is 16.5. The van der Waals surface area contributed by atoms with Crippen molar-refractivity contribution in [2.45, 2.75) is 44.3 Å². The Morgan fingerprint density at radius 2 is 1.57 bits per heavy atom. The molecule has 10 heteroatoms. The van der Waals surface area contributed by atoms with Gasteiger partial charge in [0.1, 0.15) is 6.61 Å². The van der Waals surface area contributed by atoms with Crippen LogP contribution in [0.25, 0.3) is 11.1 Å². The molecule has 0 aliphatic heterocycles. The van der Waals surface area contributed by atoms with Gasteiger partial charge in [-0.2, -0.15) is 13.2 Å². The molecular formula is C25H27F3N2O5. The molecule has 0 saturated heterocycles. The molecule has 2 unspecified atom stereocenters. The molecule has 0 fully saturated rings. The first-order valence-corrected chi connectivity index (χ1v) is 11.2. The zero-order chi connectivity index (χ0) is 25.8. The third-order valence-electron chi connectivity index (χ3n) is 6.24. The van der Waals surface area contributed by atoms with Gasteiger partial charge in [0.25, 0.3) is 0 Å². The Kier molecular flexibility index (Phi) is 7.72. The van der Waals surface area contributed by atoms with Crippen LogP contribution in [-0.4, -0.2) is 47.9 Å². The van der Waals surface area contributed by atoms with Gasteiger partial charge in [0.15, 0.2) is 0 Å². The summed E-state index contributed by atoms with van der Waals surface area (Å²) < 4.78 is 44.6. The highest BCUT2D eigenvalue weighted by molar-refractivity contribution is 5.88. The van der Waals surface area contributed by atoms with Crippen LogP contribution in [0, 0.1) is 5.92 Å². The van der Waals surface area contributed by atoms with Crippen molar-refractivity contribution in [2.24, 2.45) is 5.92 Å². The van der Waals surface area contributed by atoms with Crippen LogP contribution in [0.15, 0.2) is 48.5 Å². The molecule has 1 aliphatic carbocycles. The lowest BCUT2D eigenvalue weighted by Gasteiger charge is -2.29. The van der Waals surface area contributed by atoms with Crippen LogP contribution in [0.4, 0.5) is 18.0 Å². The molecular weight excluding hydrogens is 465 g/mol. The highest BCUT2D eigenvalue weighted by Gasteiger charge is 2.58. The minimum atomic E-state index is -5.15. The molecule has 188 valence electrons. The molecule has 0 spiro atoms. The number of benzene rings is 2. The van der Waals surface area contributed by atoms with E-state index in [0.717, 1.165) is 22.3 Å². The summed E-state index contributed by atoms with van der Waals surface area (Å²) in [5, 5.41) is 13.1. The van der Waals surface area contributed by atoms with Gasteiger partial charge in [-0.25, -0.2) is 9.59 Å². The number of rotatable bonds is 9. The summed E-state index contributed by atoms with van der Waals surface area (Å²) >= 11 is 0. The fraction of sp³-hybridized carbons (Fsp3) is 0.400. The SMILES string of the molecule is CC(CCCNC(=O)OCC1c2ccccc2-c2ccccc21)C(=O)NC(C)(C(=O)O)C(F)(F)F. The molecule has 3 N–H and O–H groups in total. The minimum absolute atomic E-state index is 0.0888. The lowest BCUT2D eigenvalue weighted by molar-refractivity contribution is -0.207. The van der Waals surface area contributed by atoms with Crippen molar-refractivity contribution in [1.82, 2.24) is 10.6 Å². The van der Waals surface area contributed by atoms with E-state index >= 15 is 0 Å². The van der Waals surface area contributed by atoms with Crippen molar-refractivity contribution in [1.29, 1.82) is 0 Å². The Balaban J connectivity index is 1.44. The average molecular weight is 492 g/mol. The zero-order valence-electron chi connectivity index (χ0n) is 19.3. The van der Waals surface area contributed by atoms with Gasteiger partial charge < -0.3 is 20.5 Å². The number of carbonyl (C=O) groups is 3. The lowest BCUT2D eigenvalue weighted by atomic mass is 9.98. The predicted molar refractivity (Wildman–Crippen MR) is 122 cm³/mol. The van der Waals surface area contributed by atoms with E-state index in [-0.39, 0.29) is 31.9 Å². The molecule has 35 heavy (non-hydrogen) atoms. The van der Waals surface area contributed by atoms with Crippen molar-refractivity contribution in [3.63, 3.8) is 0 Å². The average Bonchev–Trinajstić information content (AvgIpc) is 3.13. The molecule has 0 aromatic heterocycles. The first kappa shape index (κ1) is 26.1. The third-order valence-corrected chi connectivity index (χ3v) is 6.24. The van der Waals surface area contributed by atoms with Crippen LogP contribution in [-0.2, 0) is 14.3 Å². The maximum Gasteiger partial charge on any atom is 0.422 e. The largest absolute Gasteiger partial charge is 0.479 e. The number of halogens is 3. The quantitative estimate of drug-likeness (QED) is 0.449. The third kappa shape index (κ3) is 5.58. The van der Waals surface area contributed by atoms with Crippen molar-refractivity contribution in [2.75, 3.05) is 13.2 Å². The van der Waals surface area contributed by atoms with E-state index in [9.17, 15) is 27.6 Å². The molecule has 0 saturated carbocycles. The monoisotopic (exact) mass is 492 g/mol. The van der Waals surface area contributed by atoms with E-state index in [0.29, 0.717) is 6.92 Å². The number of nitrogens with one attached hydrogen (secondary N) is 2. The summed E-state index contributed by atoms with van der Waals surface area (Å²) in [6, 6.07) is 15.8. The number of amides is 2. The summed E-state index contributed by atoms with van der Waals surface area (Å²) in [5.74, 6) is -4.20. The summed E-state index contributed by atoms with van der Waals surface area (Å²) in [7, 11) is 0. The van der Waals surface area contributed by atoms with Gasteiger partial charge in [0.2, 0.25) is 11.4 Å². The number of fused-ring (bicyclic) bond motifs is 3. The van der Waals surface area contributed by atoms with Gasteiger partial charge in [0, 0.05) is 18.4 Å². The second-order valence-corrected chi connectivity index (χ2v) is 8.71. The smallest absolute Gasteiger partial charge is 0.422 e. The molecule has 0 radical (unpaired) electrons. The maximum atomic E-state index is 13.1. The Hall–Kier alpha value is -3.56. The number of hydrogen-bond donors (Lipinski definition) is 3. The number of carboxylic acids is 1. The predicted octanol–water partition coefficient (Wildman–Crippen LogP) is 4.46. The van der Waals surface area contributed by atoms with Gasteiger partial charge in [0.05, 0.1) is 0 Å². The number of alkyl carbamates (subject to hydrolysis) is 1. The summed E-state index contributed by atoms with van der Waals surface area (Å²) in [6.07, 6.45) is -5.36. The van der Waals surface area contributed by atoms with E-state index in [1.54, 1.807) is 5.32 Å². The Morgan fingerprint density at radius 1 is 1.03 bits per heavy atom. The van der Waals surface area contributed by atoms with Crippen LogP contribution in [0.3, 0.4) is 0 Å². The summed E-state index contributed by atoms with van der Waals surface area (Å²) in [5.41, 5.74) is 0.989. The van der Waals surface area contributed by atoms with Crippen molar-refractivity contribution < 1.29 is 37.4 Å². The summed E-state index contributed by atoms with van der Waals surface area (Å²) in [4.78, 5) is 35.3. The zero-order valence-corrected chi connectivity index (χ0v) is 19.3. The lowest BCUT2D eigenvalue weighted by Crippen LogP contribution is -2.62. The second kappa shape index (κ2) is 10.4. The van der Waals surface area contributed by atoms with Crippen LogP contribution in [0.2, 0.25) is 0 Å². The highest BCUT2D eigenvalue weighted by Crippen LogP contribution is 2.44. The van der Waals surface area contributed by atoms with Crippen LogP contribution in [0.1, 0.15) is 43.7 Å². The minimum Gasteiger partial charge on any atom is -0.479 e. The number of ether oxygens (including phenoxy) is 1. The van der Waals surface area contributed by atoms with Gasteiger partial charge in [-0.1, -0.05) is 55.5 Å².